The molecule has 1 aromatic carbocycles. The van der Waals surface area contributed by atoms with Crippen LogP contribution in [0, 0.1) is 6.92 Å². The van der Waals surface area contributed by atoms with E-state index in [1.807, 2.05) is 0 Å². The highest BCUT2D eigenvalue weighted by Gasteiger charge is 2.21. The maximum absolute atomic E-state index is 11.9. The van der Waals surface area contributed by atoms with Crippen molar-refractivity contribution in [3.63, 3.8) is 0 Å². The fraction of sp³-hybridized carbons (Fsp3) is 0.333. The average Bonchev–Trinajstić information content (AvgIpc) is 2.91. The maximum Gasteiger partial charge on any atom is 0.330 e. The minimum atomic E-state index is -1.13. The third-order valence-corrected chi connectivity index (χ3v) is 3.37. The van der Waals surface area contributed by atoms with Crippen molar-refractivity contribution in [2.45, 2.75) is 32.2 Å². The molecule has 0 spiro atoms. The molecule has 1 aromatic heterocycles. The Hall–Kier alpha value is -2.41. The van der Waals surface area contributed by atoms with Gasteiger partial charge in [-0.25, -0.2) is 4.79 Å². The Morgan fingerprint density at radius 2 is 2.04 bits per heavy atom. The Bertz CT molecular complexity index is 684. The second kappa shape index (κ2) is 7.73. The van der Waals surface area contributed by atoms with Crippen LogP contribution in [0.3, 0.4) is 0 Å². The lowest BCUT2D eigenvalue weighted by molar-refractivity contribution is -0.142. The summed E-state index contributed by atoms with van der Waals surface area (Å²) in [5.74, 6) is -0.488. The van der Waals surface area contributed by atoms with Crippen LogP contribution in [0.4, 0.5) is 0 Å². The van der Waals surface area contributed by atoms with Crippen molar-refractivity contribution in [2.75, 3.05) is 0 Å². The number of halogens is 1. The van der Waals surface area contributed by atoms with Crippen molar-refractivity contribution in [1.29, 1.82) is 0 Å². The molecular weight excluding hydrogens is 322 g/mol. The van der Waals surface area contributed by atoms with E-state index in [1.165, 1.54) is 0 Å². The predicted molar refractivity (Wildman–Crippen MR) is 81.9 cm³/mol. The van der Waals surface area contributed by atoms with Gasteiger partial charge in [-0.1, -0.05) is 28.9 Å². The first-order valence-corrected chi connectivity index (χ1v) is 7.40. The molecule has 8 heteroatoms. The van der Waals surface area contributed by atoms with Crippen LogP contribution in [-0.2, 0) is 16.0 Å². The number of nitrogens with one attached hydrogen (secondary N) is 1. The first kappa shape index (κ1) is 17.0. The number of rotatable bonds is 7. The normalized spacial score (nSPS) is 11.9. The van der Waals surface area contributed by atoms with Gasteiger partial charge in [0.1, 0.15) is 0 Å². The standard InChI is InChI=1S/C15H16ClN3O4/c1-9-17-13(23-19-9)4-2-3-12(20)18-14(15(21)22)10-5-7-11(16)8-6-10/h5-8,14H,2-4H2,1H3,(H,18,20)(H,21,22). The van der Waals surface area contributed by atoms with Gasteiger partial charge in [0.25, 0.3) is 0 Å². The van der Waals surface area contributed by atoms with E-state index in [2.05, 4.69) is 15.5 Å². The monoisotopic (exact) mass is 337 g/mol. The molecule has 0 saturated carbocycles. The number of hydrogen-bond donors (Lipinski definition) is 2. The Kier molecular flexibility index (Phi) is 5.70. The van der Waals surface area contributed by atoms with Crippen molar-refractivity contribution in [2.24, 2.45) is 0 Å². The van der Waals surface area contributed by atoms with E-state index in [0.717, 1.165) is 0 Å². The number of aromatic nitrogens is 2. The number of aryl methyl sites for hydroxylation is 2. The number of benzene rings is 1. The number of carbonyl (C=O) groups is 2. The zero-order valence-corrected chi connectivity index (χ0v) is 13.2. The molecule has 0 aliphatic heterocycles. The summed E-state index contributed by atoms with van der Waals surface area (Å²) < 4.78 is 4.95. The number of nitrogens with zero attached hydrogens (tertiary/aromatic N) is 2. The molecule has 23 heavy (non-hydrogen) atoms. The van der Waals surface area contributed by atoms with Gasteiger partial charge in [-0.05, 0) is 31.0 Å². The molecule has 0 radical (unpaired) electrons. The first-order chi connectivity index (χ1) is 11.0. The number of aliphatic carboxylic acids is 1. The minimum Gasteiger partial charge on any atom is -0.479 e. The minimum absolute atomic E-state index is 0.165. The fourth-order valence-corrected chi connectivity index (χ4v) is 2.14. The van der Waals surface area contributed by atoms with E-state index in [-0.39, 0.29) is 12.3 Å². The zero-order valence-electron chi connectivity index (χ0n) is 12.5. The molecule has 7 nitrogen and oxygen atoms in total. The van der Waals surface area contributed by atoms with Crippen molar-refractivity contribution < 1.29 is 19.2 Å². The van der Waals surface area contributed by atoms with E-state index >= 15 is 0 Å². The molecule has 2 rings (SSSR count). The van der Waals surface area contributed by atoms with Crippen molar-refractivity contribution in [3.05, 3.63) is 46.6 Å². The molecular formula is C15H16ClN3O4. The number of amides is 1. The number of hydrogen-bond acceptors (Lipinski definition) is 5. The molecule has 122 valence electrons. The molecule has 0 aliphatic rings. The largest absolute Gasteiger partial charge is 0.479 e. The van der Waals surface area contributed by atoms with Crippen LogP contribution in [-0.4, -0.2) is 27.1 Å². The SMILES string of the molecule is Cc1noc(CCCC(=O)NC(C(=O)O)c2ccc(Cl)cc2)n1. The molecule has 2 N–H and O–H groups in total. The summed E-state index contributed by atoms with van der Waals surface area (Å²) in [7, 11) is 0. The van der Waals surface area contributed by atoms with Crippen molar-refractivity contribution >= 4 is 23.5 Å². The lowest BCUT2D eigenvalue weighted by atomic mass is 10.1. The van der Waals surface area contributed by atoms with E-state index in [9.17, 15) is 14.7 Å². The molecule has 1 atom stereocenters. The highest BCUT2D eigenvalue weighted by molar-refractivity contribution is 6.30. The van der Waals surface area contributed by atoms with E-state index in [0.29, 0.717) is 35.1 Å². The summed E-state index contributed by atoms with van der Waals surface area (Å²) in [6, 6.07) is 5.20. The third-order valence-electron chi connectivity index (χ3n) is 3.12. The van der Waals surface area contributed by atoms with Gasteiger partial charge in [0.15, 0.2) is 11.9 Å². The first-order valence-electron chi connectivity index (χ1n) is 7.02. The third kappa shape index (κ3) is 5.07. The maximum atomic E-state index is 11.9. The van der Waals surface area contributed by atoms with Gasteiger partial charge < -0.3 is 14.9 Å². The molecule has 0 bridgehead atoms. The van der Waals surface area contributed by atoms with Crippen LogP contribution < -0.4 is 5.32 Å². The topological polar surface area (TPSA) is 105 Å². The molecule has 0 fully saturated rings. The highest BCUT2D eigenvalue weighted by Crippen LogP contribution is 2.17. The Balaban J connectivity index is 1.88. The van der Waals surface area contributed by atoms with Crippen LogP contribution in [0.15, 0.2) is 28.8 Å². The van der Waals surface area contributed by atoms with Crippen molar-refractivity contribution in [1.82, 2.24) is 15.5 Å². The van der Waals surface area contributed by atoms with Gasteiger partial charge in [0.2, 0.25) is 11.8 Å². The summed E-state index contributed by atoms with van der Waals surface area (Å²) in [5.41, 5.74) is 0.461. The summed E-state index contributed by atoms with van der Waals surface area (Å²) in [6.07, 6.45) is 1.12. The van der Waals surface area contributed by atoms with E-state index in [1.54, 1.807) is 31.2 Å². The smallest absolute Gasteiger partial charge is 0.330 e. The van der Waals surface area contributed by atoms with Crippen LogP contribution in [0.5, 0.6) is 0 Å². The second-order valence-corrected chi connectivity index (χ2v) is 5.42. The second-order valence-electron chi connectivity index (χ2n) is 4.98. The van der Waals surface area contributed by atoms with Crippen LogP contribution in [0.1, 0.15) is 36.2 Å². The summed E-state index contributed by atoms with van der Waals surface area (Å²) in [5, 5.41) is 15.9. The molecule has 2 aromatic rings. The van der Waals surface area contributed by atoms with Gasteiger partial charge in [-0.15, -0.1) is 0 Å². The molecule has 1 heterocycles. The number of carbonyl (C=O) groups excluding carboxylic acids is 1. The Labute approximate surface area is 137 Å². The van der Waals surface area contributed by atoms with Crippen LogP contribution in [0.25, 0.3) is 0 Å². The molecule has 1 unspecified atom stereocenters. The summed E-state index contributed by atoms with van der Waals surface area (Å²) >= 11 is 5.78. The van der Waals surface area contributed by atoms with Gasteiger partial charge >= 0.3 is 5.97 Å². The zero-order chi connectivity index (χ0) is 16.8. The predicted octanol–water partition coefficient (Wildman–Crippen LogP) is 2.30. The number of carboxylic acid groups (broad SMARTS) is 1. The van der Waals surface area contributed by atoms with Crippen LogP contribution in [0.2, 0.25) is 5.02 Å². The average molecular weight is 338 g/mol. The molecule has 1 amide bonds. The summed E-state index contributed by atoms with van der Waals surface area (Å²) in [4.78, 5) is 27.3. The van der Waals surface area contributed by atoms with Gasteiger partial charge in [-0.3, -0.25) is 4.79 Å². The highest BCUT2D eigenvalue weighted by atomic mass is 35.5. The van der Waals surface area contributed by atoms with E-state index < -0.39 is 12.0 Å². The summed E-state index contributed by atoms with van der Waals surface area (Å²) in [6.45, 7) is 1.71. The van der Waals surface area contributed by atoms with Crippen LogP contribution >= 0.6 is 11.6 Å². The quantitative estimate of drug-likeness (QED) is 0.803. The lowest BCUT2D eigenvalue weighted by Gasteiger charge is -2.14. The van der Waals surface area contributed by atoms with Crippen molar-refractivity contribution in [3.8, 4) is 0 Å². The van der Waals surface area contributed by atoms with Gasteiger partial charge in [0.05, 0.1) is 0 Å². The fourth-order valence-electron chi connectivity index (χ4n) is 2.02. The Morgan fingerprint density at radius 1 is 1.35 bits per heavy atom. The van der Waals surface area contributed by atoms with Gasteiger partial charge in [-0.2, -0.15) is 4.98 Å². The Morgan fingerprint density at radius 3 is 2.61 bits per heavy atom. The lowest BCUT2D eigenvalue weighted by Crippen LogP contribution is -2.33. The number of carboxylic acids is 1. The molecule has 0 aliphatic carbocycles. The molecule has 0 saturated heterocycles. The van der Waals surface area contributed by atoms with Gasteiger partial charge in [0, 0.05) is 17.9 Å². The van der Waals surface area contributed by atoms with E-state index in [4.69, 9.17) is 16.1 Å².